The van der Waals surface area contributed by atoms with Crippen molar-refractivity contribution >= 4 is 34.0 Å². The molecule has 0 radical (unpaired) electrons. The predicted octanol–water partition coefficient (Wildman–Crippen LogP) is 2.97. The maximum Gasteiger partial charge on any atom is 0.240 e. The molecule has 3 rings (SSSR count). The summed E-state index contributed by atoms with van der Waals surface area (Å²) in [5.74, 6) is -0.0120. The molecule has 1 aromatic rings. The second-order valence-electron chi connectivity index (χ2n) is 7.26. The monoisotopic (exact) mass is 415 g/mol. The number of hydrogen-bond donors (Lipinski definition) is 3. The lowest BCUT2D eigenvalue weighted by atomic mass is 10.1. The lowest BCUT2D eigenvalue weighted by Crippen LogP contribution is -2.36. The first-order chi connectivity index (χ1) is 12.5. The van der Waals surface area contributed by atoms with Crippen LogP contribution in [0.4, 0.5) is 5.69 Å². The zero-order valence-corrected chi connectivity index (χ0v) is 17.3. The van der Waals surface area contributed by atoms with E-state index in [9.17, 15) is 13.2 Å². The normalized spacial score (nSPS) is 18.6. The summed E-state index contributed by atoms with van der Waals surface area (Å²) in [6, 6.07) is 5.45. The Labute approximate surface area is 168 Å². The average Bonchev–Trinajstić information content (AvgIpc) is 2.98. The molecule has 1 aromatic carbocycles. The van der Waals surface area contributed by atoms with Crippen LogP contribution in [0.2, 0.25) is 0 Å². The van der Waals surface area contributed by atoms with Crippen molar-refractivity contribution in [2.45, 2.75) is 68.7 Å². The number of anilines is 1. The minimum Gasteiger partial charge on any atom is -0.326 e. The van der Waals surface area contributed by atoms with E-state index in [4.69, 9.17) is 0 Å². The molecule has 1 amide bonds. The number of carbonyl (C=O) groups excluding carboxylic acids is 1. The van der Waals surface area contributed by atoms with Crippen molar-refractivity contribution in [3.8, 4) is 0 Å². The fourth-order valence-electron chi connectivity index (χ4n) is 3.75. The standard InChI is InChI=1S/C19H29N3O3S.ClH/c23-19-9-5-6-15-14-17(10-11-18(15)22-19)26(24,25)21-13-12-20-16-7-3-1-2-4-8-16;/h10-11,14,16,20-21H,1-9,12-13H2,(H,22,23);1H. The Morgan fingerprint density at radius 2 is 1.74 bits per heavy atom. The number of nitrogens with one attached hydrogen (secondary N) is 3. The summed E-state index contributed by atoms with van der Waals surface area (Å²) in [6.07, 6.45) is 9.42. The highest BCUT2D eigenvalue weighted by atomic mass is 35.5. The quantitative estimate of drug-likeness (QED) is 0.492. The van der Waals surface area contributed by atoms with Crippen LogP contribution in [0.3, 0.4) is 0 Å². The Hall–Kier alpha value is -1.15. The molecule has 0 unspecified atom stereocenters. The Bertz CT molecular complexity index is 732. The molecule has 1 saturated carbocycles. The molecule has 8 heteroatoms. The summed E-state index contributed by atoms with van der Waals surface area (Å²) in [7, 11) is -3.53. The van der Waals surface area contributed by atoms with Crippen LogP contribution >= 0.6 is 12.4 Å². The topological polar surface area (TPSA) is 87.3 Å². The third kappa shape index (κ3) is 6.45. The van der Waals surface area contributed by atoms with Gasteiger partial charge in [0.2, 0.25) is 15.9 Å². The average molecular weight is 416 g/mol. The Morgan fingerprint density at radius 1 is 1.00 bits per heavy atom. The Balaban J connectivity index is 0.00000261. The van der Waals surface area contributed by atoms with Crippen molar-refractivity contribution in [3.05, 3.63) is 23.8 Å². The van der Waals surface area contributed by atoms with Gasteiger partial charge in [-0.1, -0.05) is 25.7 Å². The first kappa shape index (κ1) is 22.1. The van der Waals surface area contributed by atoms with Crippen LogP contribution in [0.15, 0.2) is 23.1 Å². The van der Waals surface area contributed by atoms with E-state index in [1.807, 2.05) is 0 Å². The van der Waals surface area contributed by atoms with Crippen molar-refractivity contribution in [1.82, 2.24) is 10.0 Å². The third-order valence-corrected chi connectivity index (χ3v) is 6.68. The maximum atomic E-state index is 12.5. The lowest BCUT2D eigenvalue weighted by molar-refractivity contribution is -0.116. The molecule has 0 aromatic heterocycles. The van der Waals surface area contributed by atoms with Gasteiger partial charge in [-0.25, -0.2) is 13.1 Å². The van der Waals surface area contributed by atoms with Crippen molar-refractivity contribution in [1.29, 1.82) is 0 Å². The summed E-state index contributed by atoms with van der Waals surface area (Å²) >= 11 is 0. The molecule has 1 fully saturated rings. The highest BCUT2D eigenvalue weighted by Gasteiger charge is 2.19. The molecule has 27 heavy (non-hydrogen) atoms. The van der Waals surface area contributed by atoms with Gasteiger partial charge in [0, 0.05) is 31.2 Å². The van der Waals surface area contributed by atoms with Crippen molar-refractivity contribution in [2.24, 2.45) is 0 Å². The number of amides is 1. The highest BCUT2D eigenvalue weighted by molar-refractivity contribution is 7.89. The third-order valence-electron chi connectivity index (χ3n) is 5.22. The van der Waals surface area contributed by atoms with Gasteiger partial charge < -0.3 is 10.6 Å². The Kier molecular flexibility index (Phi) is 8.54. The number of halogens is 1. The minimum absolute atomic E-state index is 0. The van der Waals surface area contributed by atoms with Gasteiger partial charge in [-0.2, -0.15) is 0 Å². The Morgan fingerprint density at radius 3 is 2.48 bits per heavy atom. The van der Waals surface area contributed by atoms with E-state index in [1.54, 1.807) is 18.2 Å². The SMILES string of the molecule is Cl.O=C1CCCc2cc(S(=O)(=O)NCCNC3CCCCCC3)ccc2N1. The first-order valence-electron chi connectivity index (χ1n) is 9.70. The van der Waals surface area contributed by atoms with Crippen LogP contribution in [-0.2, 0) is 21.2 Å². The number of sulfonamides is 1. The lowest BCUT2D eigenvalue weighted by Gasteiger charge is -2.16. The number of carbonyl (C=O) groups is 1. The number of aryl methyl sites for hydroxylation is 1. The summed E-state index contributed by atoms with van der Waals surface area (Å²) in [6.45, 7) is 1.03. The van der Waals surface area contributed by atoms with E-state index < -0.39 is 10.0 Å². The fourth-order valence-corrected chi connectivity index (χ4v) is 4.83. The zero-order chi connectivity index (χ0) is 18.4. The minimum atomic E-state index is -3.53. The molecule has 1 aliphatic carbocycles. The summed E-state index contributed by atoms with van der Waals surface area (Å²) in [5.41, 5.74) is 1.61. The molecule has 2 aliphatic rings. The van der Waals surface area contributed by atoms with Crippen LogP contribution < -0.4 is 15.4 Å². The largest absolute Gasteiger partial charge is 0.326 e. The van der Waals surface area contributed by atoms with Gasteiger partial charge in [-0.05, 0) is 49.4 Å². The molecule has 0 saturated heterocycles. The van der Waals surface area contributed by atoms with Crippen molar-refractivity contribution in [3.63, 3.8) is 0 Å². The highest BCUT2D eigenvalue weighted by Crippen LogP contribution is 2.25. The van der Waals surface area contributed by atoms with Gasteiger partial charge in [-0.15, -0.1) is 12.4 Å². The van der Waals surface area contributed by atoms with Crippen molar-refractivity contribution < 1.29 is 13.2 Å². The maximum absolute atomic E-state index is 12.5. The van der Waals surface area contributed by atoms with Crippen LogP contribution in [-0.4, -0.2) is 33.5 Å². The smallest absolute Gasteiger partial charge is 0.240 e. The van der Waals surface area contributed by atoms with Gasteiger partial charge in [0.15, 0.2) is 0 Å². The molecule has 3 N–H and O–H groups in total. The predicted molar refractivity (Wildman–Crippen MR) is 110 cm³/mol. The van der Waals surface area contributed by atoms with Gasteiger partial charge in [-0.3, -0.25) is 4.79 Å². The molecular weight excluding hydrogens is 386 g/mol. The van der Waals surface area contributed by atoms with Crippen molar-refractivity contribution in [2.75, 3.05) is 18.4 Å². The van der Waals surface area contributed by atoms with E-state index in [0.717, 1.165) is 17.7 Å². The van der Waals surface area contributed by atoms with E-state index in [0.29, 0.717) is 32.0 Å². The number of fused-ring (bicyclic) bond motifs is 1. The number of hydrogen-bond acceptors (Lipinski definition) is 4. The summed E-state index contributed by atoms with van der Waals surface area (Å²) in [5, 5.41) is 6.30. The molecule has 152 valence electrons. The van der Waals surface area contributed by atoms with Gasteiger partial charge >= 0.3 is 0 Å². The number of rotatable bonds is 6. The van der Waals surface area contributed by atoms with E-state index in [-0.39, 0.29) is 23.2 Å². The molecule has 6 nitrogen and oxygen atoms in total. The molecular formula is C19H30ClN3O3S. The van der Waals surface area contributed by atoms with E-state index in [1.165, 1.54) is 38.5 Å². The fraction of sp³-hybridized carbons (Fsp3) is 0.632. The van der Waals surface area contributed by atoms with E-state index >= 15 is 0 Å². The molecule has 1 aliphatic heterocycles. The summed E-state index contributed by atoms with van der Waals surface area (Å²) < 4.78 is 27.8. The zero-order valence-electron chi connectivity index (χ0n) is 15.6. The van der Waals surface area contributed by atoms with Crippen LogP contribution in [0.1, 0.15) is 56.9 Å². The van der Waals surface area contributed by atoms with Crippen LogP contribution in [0.25, 0.3) is 0 Å². The second-order valence-corrected chi connectivity index (χ2v) is 9.03. The van der Waals surface area contributed by atoms with E-state index in [2.05, 4.69) is 15.4 Å². The van der Waals surface area contributed by atoms with Crippen LogP contribution in [0, 0.1) is 0 Å². The first-order valence-corrected chi connectivity index (χ1v) is 11.2. The van der Waals surface area contributed by atoms with Gasteiger partial charge in [0.05, 0.1) is 4.90 Å². The van der Waals surface area contributed by atoms with Crippen LogP contribution in [0.5, 0.6) is 0 Å². The summed E-state index contributed by atoms with van der Waals surface area (Å²) in [4.78, 5) is 11.9. The second kappa shape index (κ2) is 10.4. The van der Waals surface area contributed by atoms with Gasteiger partial charge in [0.25, 0.3) is 0 Å². The number of benzene rings is 1. The molecule has 1 heterocycles. The van der Waals surface area contributed by atoms with Gasteiger partial charge in [0.1, 0.15) is 0 Å². The molecule has 0 atom stereocenters. The molecule has 0 spiro atoms. The molecule has 0 bridgehead atoms.